The third-order valence-corrected chi connectivity index (χ3v) is 7.26. The van der Waals surface area contributed by atoms with Crippen molar-refractivity contribution in [1.82, 2.24) is 10.2 Å². The van der Waals surface area contributed by atoms with Crippen molar-refractivity contribution in [2.75, 3.05) is 17.1 Å². The SMILES string of the molecule is CC[C@H](C)NC(=O)[C@@H](C)N(Cc1ccccc1Cl)C(=O)CN(c1ccc(C)cc1C)S(C)(=O)=O. The van der Waals surface area contributed by atoms with Gasteiger partial charge < -0.3 is 10.2 Å². The summed E-state index contributed by atoms with van der Waals surface area (Å²) >= 11 is 6.33. The maximum atomic E-state index is 13.6. The van der Waals surface area contributed by atoms with Crippen molar-refractivity contribution in [3.63, 3.8) is 0 Å². The molecule has 0 aliphatic carbocycles. The lowest BCUT2D eigenvalue weighted by Crippen LogP contribution is -2.52. The van der Waals surface area contributed by atoms with Gasteiger partial charge in [-0.2, -0.15) is 0 Å². The normalized spacial score (nSPS) is 13.1. The van der Waals surface area contributed by atoms with Crippen molar-refractivity contribution < 1.29 is 18.0 Å². The van der Waals surface area contributed by atoms with E-state index in [4.69, 9.17) is 11.6 Å². The zero-order chi connectivity index (χ0) is 25.6. The van der Waals surface area contributed by atoms with Crippen LogP contribution in [0, 0.1) is 13.8 Å². The van der Waals surface area contributed by atoms with E-state index in [0.717, 1.165) is 28.1 Å². The average molecular weight is 508 g/mol. The van der Waals surface area contributed by atoms with Crippen LogP contribution in [0.4, 0.5) is 5.69 Å². The summed E-state index contributed by atoms with van der Waals surface area (Å²) in [5.41, 5.74) is 2.81. The molecule has 0 aliphatic rings. The van der Waals surface area contributed by atoms with Gasteiger partial charge in [0.05, 0.1) is 11.9 Å². The molecule has 2 rings (SSSR count). The van der Waals surface area contributed by atoms with Crippen molar-refractivity contribution >= 4 is 39.1 Å². The summed E-state index contributed by atoms with van der Waals surface area (Å²) in [7, 11) is -3.77. The molecular weight excluding hydrogens is 474 g/mol. The van der Waals surface area contributed by atoms with Crippen LogP contribution in [0.2, 0.25) is 5.02 Å². The summed E-state index contributed by atoms with van der Waals surface area (Å²) in [5, 5.41) is 3.36. The molecule has 0 fully saturated rings. The minimum absolute atomic E-state index is 0.0602. The maximum Gasteiger partial charge on any atom is 0.244 e. The highest BCUT2D eigenvalue weighted by Crippen LogP contribution is 2.25. The van der Waals surface area contributed by atoms with E-state index in [1.807, 2.05) is 26.8 Å². The van der Waals surface area contributed by atoms with Crippen LogP contribution < -0.4 is 9.62 Å². The zero-order valence-electron chi connectivity index (χ0n) is 20.6. The number of amides is 2. The van der Waals surface area contributed by atoms with Crippen molar-refractivity contribution in [3.8, 4) is 0 Å². The van der Waals surface area contributed by atoms with E-state index in [1.165, 1.54) is 4.90 Å². The summed E-state index contributed by atoms with van der Waals surface area (Å²) in [4.78, 5) is 27.8. The summed E-state index contributed by atoms with van der Waals surface area (Å²) in [6.07, 6.45) is 1.81. The minimum Gasteiger partial charge on any atom is -0.352 e. The molecule has 0 aliphatic heterocycles. The molecule has 0 aromatic heterocycles. The fourth-order valence-electron chi connectivity index (χ4n) is 3.54. The molecule has 0 spiro atoms. The number of nitrogens with one attached hydrogen (secondary N) is 1. The van der Waals surface area contributed by atoms with Gasteiger partial charge >= 0.3 is 0 Å². The highest BCUT2D eigenvalue weighted by atomic mass is 35.5. The van der Waals surface area contributed by atoms with Crippen LogP contribution >= 0.6 is 11.6 Å². The number of benzene rings is 2. The first-order valence-electron chi connectivity index (χ1n) is 11.2. The second-order valence-electron chi connectivity index (χ2n) is 8.67. The van der Waals surface area contributed by atoms with Crippen molar-refractivity contribution in [1.29, 1.82) is 0 Å². The Kier molecular flexibility index (Phi) is 9.53. The monoisotopic (exact) mass is 507 g/mol. The maximum absolute atomic E-state index is 13.6. The lowest BCUT2D eigenvalue weighted by molar-refractivity contribution is -0.139. The molecule has 0 radical (unpaired) electrons. The summed E-state index contributed by atoms with van der Waals surface area (Å²) in [5.74, 6) is -0.815. The fraction of sp³-hybridized carbons (Fsp3) is 0.440. The summed E-state index contributed by atoms with van der Waals surface area (Å²) < 4.78 is 26.5. The average Bonchev–Trinajstić information content (AvgIpc) is 2.76. The Morgan fingerprint density at radius 1 is 1.09 bits per heavy atom. The first kappa shape index (κ1) is 27.7. The van der Waals surface area contributed by atoms with Crippen LogP contribution in [0.15, 0.2) is 42.5 Å². The standard InChI is InChI=1S/C25H34ClN3O4S/c1-7-19(4)27-25(31)20(5)28(15-21-10-8-9-11-22(21)26)24(30)16-29(34(6,32)33)23-13-12-17(2)14-18(23)3/h8-14,19-20H,7,15-16H2,1-6H3,(H,27,31)/t19-,20+/m0/s1. The molecule has 0 saturated heterocycles. The number of nitrogens with zero attached hydrogens (tertiary/aromatic N) is 2. The second kappa shape index (κ2) is 11.7. The number of rotatable bonds is 10. The van der Waals surface area contributed by atoms with Crippen LogP contribution in [0.3, 0.4) is 0 Å². The van der Waals surface area contributed by atoms with Gasteiger partial charge in [0, 0.05) is 17.6 Å². The highest BCUT2D eigenvalue weighted by Gasteiger charge is 2.31. The molecule has 0 saturated carbocycles. The first-order chi connectivity index (χ1) is 15.8. The Bertz CT molecular complexity index is 1140. The molecule has 0 unspecified atom stereocenters. The molecule has 1 N–H and O–H groups in total. The fourth-order valence-corrected chi connectivity index (χ4v) is 4.64. The van der Waals surface area contributed by atoms with Crippen LogP contribution in [0.1, 0.15) is 43.9 Å². The summed E-state index contributed by atoms with van der Waals surface area (Å²) in [6.45, 7) is 8.82. The zero-order valence-corrected chi connectivity index (χ0v) is 22.2. The molecule has 0 heterocycles. The number of aryl methyl sites for hydroxylation is 2. The Morgan fingerprint density at radius 3 is 2.29 bits per heavy atom. The molecule has 7 nitrogen and oxygen atoms in total. The molecule has 34 heavy (non-hydrogen) atoms. The van der Waals surface area contributed by atoms with Crippen LogP contribution in [0.5, 0.6) is 0 Å². The van der Waals surface area contributed by atoms with E-state index in [2.05, 4.69) is 5.32 Å². The number of hydrogen-bond donors (Lipinski definition) is 1. The van der Waals surface area contributed by atoms with E-state index in [-0.39, 0.29) is 18.5 Å². The topological polar surface area (TPSA) is 86.8 Å². The number of anilines is 1. The van der Waals surface area contributed by atoms with Gasteiger partial charge in [0.1, 0.15) is 12.6 Å². The third-order valence-electron chi connectivity index (χ3n) is 5.77. The quantitative estimate of drug-likeness (QED) is 0.525. The lowest BCUT2D eigenvalue weighted by Gasteiger charge is -2.32. The molecule has 2 aromatic rings. The van der Waals surface area contributed by atoms with Gasteiger partial charge in [-0.25, -0.2) is 8.42 Å². The second-order valence-corrected chi connectivity index (χ2v) is 11.0. The van der Waals surface area contributed by atoms with Gasteiger partial charge in [-0.15, -0.1) is 0 Å². The van der Waals surface area contributed by atoms with Gasteiger partial charge in [-0.1, -0.05) is 54.4 Å². The first-order valence-corrected chi connectivity index (χ1v) is 13.5. The van der Waals surface area contributed by atoms with E-state index in [9.17, 15) is 18.0 Å². The molecule has 2 aromatic carbocycles. The Labute approximate surface area is 208 Å². The van der Waals surface area contributed by atoms with Crippen LogP contribution in [0.25, 0.3) is 0 Å². The Hall–Kier alpha value is -2.58. The smallest absolute Gasteiger partial charge is 0.244 e. The van der Waals surface area contributed by atoms with E-state index in [1.54, 1.807) is 50.2 Å². The summed E-state index contributed by atoms with van der Waals surface area (Å²) in [6, 6.07) is 11.5. The van der Waals surface area contributed by atoms with Crippen molar-refractivity contribution in [2.24, 2.45) is 0 Å². The lowest BCUT2D eigenvalue weighted by atomic mass is 10.1. The molecular formula is C25H34ClN3O4S. The van der Waals surface area contributed by atoms with Crippen LogP contribution in [-0.2, 0) is 26.2 Å². The molecule has 0 bridgehead atoms. The highest BCUT2D eigenvalue weighted by molar-refractivity contribution is 7.92. The largest absolute Gasteiger partial charge is 0.352 e. The third kappa shape index (κ3) is 7.21. The van der Waals surface area contributed by atoms with Gasteiger partial charge in [-0.05, 0) is 57.4 Å². The number of carbonyl (C=O) groups is 2. The Balaban J connectivity index is 2.43. The van der Waals surface area contributed by atoms with Gasteiger partial charge in [0.25, 0.3) is 0 Å². The predicted octanol–water partition coefficient (Wildman–Crippen LogP) is 4.05. The molecule has 186 valence electrons. The molecule has 2 atom stereocenters. The van der Waals surface area contributed by atoms with Gasteiger partial charge in [0.15, 0.2) is 0 Å². The minimum atomic E-state index is -3.77. The molecule has 2 amide bonds. The predicted molar refractivity (Wildman–Crippen MR) is 137 cm³/mol. The van der Waals surface area contributed by atoms with E-state index < -0.39 is 28.5 Å². The number of sulfonamides is 1. The molecule has 9 heteroatoms. The van der Waals surface area contributed by atoms with Crippen molar-refractivity contribution in [2.45, 2.75) is 59.7 Å². The number of hydrogen-bond acceptors (Lipinski definition) is 4. The number of carbonyl (C=O) groups excluding carboxylic acids is 2. The van der Waals surface area contributed by atoms with E-state index in [0.29, 0.717) is 16.3 Å². The van der Waals surface area contributed by atoms with Crippen molar-refractivity contribution in [3.05, 3.63) is 64.2 Å². The van der Waals surface area contributed by atoms with Gasteiger partial charge in [0.2, 0.25) is 21.8 Å². The van der Waals surface area contributed by atoms with Gasteiger partial charge in [-0.3, -0.25) is 13.9 Å². The van der Waals surface area contributed by atoms with E-state index >= 15 is 0 Å². The number of halogens is 1. The van der Waals surface area contributed by atoms with Crippen LogP contribution in [-0.4, -0.2) is 50.0 Å². The Morgan fingerprint density at radius 2 is 1.74 bits per heavy atom.